The average molecular weight is 610 g/mol. The molecule has 0 aromatic heterocycles. The van der Waals surface area contributed by atoms with Gasteiger partial charge in [-0.15, -0.1) is 0 Å². The topological polar surface area (TPSA) is 9.23 Å². The molecule has 2 unspecified atom stereocenters. The molecule has 4 aromatic rings. The van der Waals surface area contributed by atoms with Gasteiger partial charge in [-0.2, -0.15) is 0 Å². The summed E-state index contributed by atoms with van der Waals surface area (Å²) in [6, 6.07) is 29.5. The summed E-state index contributed by atoms with van der Waals surface area (Å²) in [5.74, 6) is 1.20. The van der Waals surface area contributed by atoms with Crippen LogP contribution in [-0.2, 0) is 10.8 Å². The summed E-state index contributed by atoms with van der Waals surface area (Å²) in [5.41, 5.74) is 18.5. The van der Waals surface area contributed by atoms with E-state index < -0.39 is 8.80 Å². The van der Waals surface area contributed by atoms with Crippen molar-refractivity contribution in [1.82, 2.24) is 0 Å². The normalized spacial score (nSPS) is 17.9. The van der Waals surface area contributed by atoms with E-state index in [9.17, 15) is 0 Å². The van der Waals surface area contributed by atoms with Crippen LogP contribution in [0.4, 0.5) is 0 Å². The first kappa shape index (κ1) is 31.4. The van der Waals surface area contributed by atoms with Crippen molar-refractivity contribution in [1.29, 1.82) is 0 Å². The zero-order chi connectivity index (χ0) is 32.4. The Morgan fingerprint density at radius 3 is 1.82 bits per heavy atom. The van der Waals surface area contributed by atoms with E-state index in [2.05, 4.69) is 153 Å². The van der Waals surface area contributed by atoms with E-state index in [1.165, 1.54) is 61.2 Å². The van der Waals surface area contributed by atoms with Crippen LogP contribution in [0, 0.1) is 0 Å². The van der Waals surface area contributed by atoms with Crippen LogP contribution in [-0.4, -0.2) is 15.9 Å². The predicted molar refractivity (Wildman–Crippen MR) is 197 cm³/mol. The van der Waals surface area contributed by atoms with Crippen molar-refractivity contribution in [3.8, 4) is 28.0 Å². The third-order valence-electron chi connectivity index (χ3n) is 9.99. The van der Waals surface area contributed by atoms with E-state index in [1.54, 1.807) is 11.1 Å². The number of rotatable bonds is 5. The third-order valence-corrected chi connectivity index (χ3v) is 11.9. The molecule has 4 aromatic carbocycles. The average Bonchev–Trinajstić information content (AvgIpc) is 3.47. The van der Waals surface area contributed by atoms with Crippen LogP contribution in [0.25, 0.3) is 33.9 Å². The molecule has 45 heavy (non-hydrogen) atoms. The molecular formula is C43H49OSi. The maximum atomic E-state index is 6.29. The maximum absolute atomic E-state index is 6.29. The highest BCUT2D eigenvalue weighted by Crippen LogP contribution is 2.59. The number of ether oxygens (including phenoxy) is 1. The Hall–Kier alpha value is -3.62. The molecule has 0 bridgehead atoms. The second kappa shape index (κ2) is 11.3. The molecular weight excluding hydrogens is 561 g/mol. The Balaban J connectivity index is 1.70. The van der Waals surface area contributed by atoms with Gasteiger partial charge in [0.25, 0.3) is 0 Å². The van der Waals surface area contributed by atoms with E-state index in [0.717, 1.165) is 5.75 Å². The lowest BCUT2D eigenvalue weighted by Crippen LogP contribution is -2.18. The second-order valence-corrected chi connectivity index (χ2v) is 18.2. The highest BCUT2D eigenvalue weighted by Gasteiger charge is 2.42. The Bertz CT molecular complexity index is 1830. The fraction of sp³-hybridized carbons (Fsp3) is 0.349. The Kier molecular flexibility index (Phi) is 7.89. The van der Waals surface area contributed by atoms with Gasteiger partial charge in [-0.05, 0) is 92.4 Å². The Morgan fingerprint density at radius 1 is 0.689 bits per heavy atom. The van der Waals surface area contributed by atoms with E-state index in [1.807, 2.05) is 7.11 Å². The minimum absolute atomic E-state index is 0.0622. The van der Waals surface area contributed by atoms with Gasteiger partial charge in [-0.1, -0.05) is 139 Å². The van der Waals surface area contributed by atoms with Crippen LogP contribution in [0.3, 0.4) is 0 Å². The molecule has 0 amide bonds. The van der Waals surface area contributed by atoms with Gasteiger partial charge in [-0.3, -0.25) is 0 Å². The molecule has 0 aliphatic heterocycles. The van der Waals surface area contributed by atoms with Crippen molar-refractivity contribution in [2.45, 2.75) is 90.8 Å². The van der Waals surface area contributed by atoms with E-state index >= 15 is 0 Å². The summed E-state index contributed by atoms with van der Waals surface area (Å²) >= 11 is 0. The van der Waals surface area contributed by atoms with Crippen LogP contribution < -0.4 is 4.74 Å². The Morgan fingerprint density at radius 2 is 1.29 bits per heavy atom. The molecule has 0 spiro atoms. The molecule has 2 heteroatoms. The van der Waals surface area contributed by atoms with Gasteiger partial charge >= 0.3 is 0 Å². The predicted octanol–water partition coefficient (Wildman–Crippen LogP) is 12.0. The van der Waals surface area contributed by atoms with Crippen molar-refractivity contribution in [3.63, 3.8) is 0 Å². The summed E-state index contributed by atoms with van der Waals surface area (Å²) < 4.78 is 6.29. The highest BCUT2D eigenvalue weighted by molar-refractivity contribution is 6.59. The third kappa shape index (κ3) is 5.26. The number of benzene rings is 4. The minimum atomic E-state index is -0.677. The zero-order valence-electron chi connectivity index (χ0n) is 29.1. The molecule has 0 N–H and O–H groups in total. The van der Waals surface area contributed by atoms with Crippen molar-refractivity contribution in [2.24, 2.45) is 0 Å². The number of hydrogen-bond acceptors (Lipinski definition) is 1. The van der Waals surface area contributed by atoms with Crippen molar-refractivity contribution < 1.29 is 4.74 Å². The lowest BCUT2D eigenvalue weighted by molar-refractivity contribution is 0.399. The number of allylic oxidation sites excluding steroid dienone is 3. The molecule has 231 valence electrons. The van der Waals surface area contributed by atoms with Crippen LogP contribution >= 0.6 is 0 Å². The molecule has 6 rings (SSSR count). The van der Waals surface area contributed by atoms with E-state index in [4.69, 9.17) is 4.74 Å². The number of methoxy groups -OCH3 is 1. The van der Waals surface area contributed by atoms with E-state index in [0.29, 0.717) is 5.54 Å². The zero-order valence-corrected chi connectivity index (χ0v) is 30.1. The van der Waals surface area contributed by atoms with Gasteiger partial charge < -0.3 is 4.74 Å². The first-order chi connectivity index (χ1) is 21.2. The quantitative estimate of drug-likeness (QED) is 0.205. The van der Waals surface area contributed by atoms with Crippen molar-refractivity contribution in [3.05, 3.63) is 123 Å². The lowest BCUT2D eigenvalue weighted by atomic mass is 9.76. The molecule has 0 saturated heterocycles. The van der Waals surface area contributed by atoms with Gasteiger partial charge in [0.15, 0.2) is 0 Å². The summed E-state index contributed by atoms with van der Waals surface area (Å²) in [7, 11) is 1.16. The highest BCUT2D eigenvalue weighted by atomic mass is 28.3. The molecule has 0 saturated carbocycles. The molecule has 0 fully saturated rings. The SMILES string of the molecule is COc1c(C(C)(C)C)cc2c(c1-c1ccccc1)C=C(C)C2C1=C(C)C([Si](C)C)c2cc(C(C)(C)C)cc(-c3ccccc3)c21. The number of fused-ring (bicyclic) bond motifs is 2. The summed E-state index contributed by atoms with van der Waals surface area (Å²) in [5, 5.41) is 0. The monoisotopic (exact) mass is 609 g/mol. The van der Waals surface area contributed by atoms with Crippen molar-refractivity contribution in [2.75, 3.05) is 7.11 Å². The molecule has 2 aliphatic carbocycles. The molecule has 2 aliphatic rings. The number of hydrogen-bond donors (Lipinski definition) is 0. The fourth-order valence-corrected chi connectivity index (χ4v) is 9.74. The Labute approximate surface area is 273 Å². The molecule has 2 atom stereocenters. The largest absolute Gasteiger partial charge is 0.496 e. The standard InChI is InChI=1S/C43H49OSi/c1-26-22-32-33(25-35(43(6,7)8)40(44-9)38(32)29-20-16-13-17-21-29)36(26)37-27(2)41(45(10)11)34-24-30(42(3,4)5)23-31(39(34)37)28-18-14-12-15-19-28/h12-25,36,41H,1-11H3. The smallest absolute Gasteiger partial charge is 0.131 e. The van der Waals surface area contributed by atoms with Crippen LogP contribution in [0.1, 0.15) is 100 Å². The maximum Gasteiger partial charge on any atom is 0.131 e. The summed E-state index contributed by atoms with van der Waals surface area (Å²) in [6.07, 6.45) is 2.46. The lowest BCUT2D eigenvalue weighted by Gasteiger charge is -2.29. The minimum Gasteiger partial charge on any atom is -0.496 e. The molecule has 1 radical (unpaired) electrons. The van der Waals surface area contributed by atoms with Gasteiger partial charge in [0.05, 0.1) is 15.9 Å². The molecule has 1 nitrogen and oxygen atoms in total. The van der Waals surface area contributed by atoms with Crippen LogP contribution in [0.5, 0.6) is 5.75 Å². The van der Waals surface area contributed by atoms with Gasteiger partial charge in [0.1, 0.15) is 5.75 Å². The first-order valence-electron chi connectivity index (χ1n) is 16.5. The van der Waals surface area contributed by atoms with Crippen LogP contribution in [0.2, 0.25) is 13.1 Å². The summed E-state index contributed by atoms with van der Waals surface area (Å²) in [6.45, 7) is 23.8. The van der Waals surface area contributed by atoms with Gasteiger partial charge in [0, 0.05) is 17.0 Å². The van der Waals surface area contributed by atoms with E-state index in [-0.39, 0.29) is 16.7 Å². The molecule has 0 heterocycles. The second-order valence-electron chi connectivity index (χ2n) is 15.5. The fourth-order valence-electron chi connectivity index (χ4n) is 7.87. The first-order valence-corrected chi connectivity index (χ1v) is 19.1. The van der Waals surface area contributed by atoms with Gasteiger partial charge in [0.2, 0.25) is 0 Å². The summed E-state index contributed by atoms with van der Waals surface area (Å²) in [4.78, 5) is 0. The van der Waals surface area contributed by atoms with Gasteiger partial charge in [-0.25, -0.2) is 0 Å². The van der Waals surface area contributed by atoms with Crippen molar-refractivity contribution >= 4 is 20.4 Å². The van der Waals surface area contributed by atoms with Crippen LogP contribution in [0.15, 0.2) is 90.0 Å².